The largest absolute Gasteiger partial charge is 0.382 e. The molecule has 1 unspecified atom stereocenters. The summed E-state index contributed by atoms with van der Waals surface area (Å²) in [6, 6.07) is 15.6. The highest BCUT2D eigenvalue weighted by molar-refractivity contribution is 5.63. The lowest BCUT2D eigenvalue weighted by atomic mass is 9.86. The summed E-state index contributed by atoms with van der Waals surface area (Å²) in [5.41, 5.74) is 2.59. The Labute approximate surface area is 210 Å². The molecule has 0 bridgehead atoms. The van der Waals surface area contributed by atoms with Crippen molar-refractivity contribution in [1.82, 2.24) is 24.6 Å². The minimum atomic E-state index is -1.67. The third kappa shape index (κ3) is 6.01. The van der Waals surface area contributed by atoms with Gasteiger partial charge in [-0.15, -0.1) is 0 Å². The van der Waals surface area contributed by atoms with Crippen molar-refractivity contribution >= 4 is 0 Å². The second-order valence-electron chi connectivity index (χ2n) is 10.3. The van der Waals surface area contributed by atoms with Gasteiger partial charge in [0.05, 0.1) is 12.2 Å². The number of pyridine rings is 1. The van der Waals surface area contributed by atoms with Gasteiger partial charge < -0.3 is 5.11 Å². The molecule has 2 heterocycles. The van der Waals surface area contributed by atoms with Crippen LogP contribution in [0, 0.1) is 11.6 Å². The minimum absolute atomic E-state index is 0.00624. The molecular weight excluding hydrogens is 460 g/mol. The number of rotatable bonds is 8. The summed E-state index contributed by atoms with van der Waals surface area (Å²) in [5.74, 6) is -1.52. The lowest BCUT2D eigenvalue weighted by molar-refractivity contribution is -0.0177. The number of aliphatic hydroxyl groups is 1. The zero-order valence-electron chi connectivity index (χ0n) is 21.0. The molecule has 8 heteroatoms. The predicted molar refractivity (Wildman–Crippen MR) is 135 cm³/mol. The molecule has 4 rings (SSSR count). The van der Waals surface area contributed by atoms with E-state index in [9.17, 15) is 13.9 Å². The van der Waals surface area contributed by atoms with E-state index in [4.69, 9.17) is 0 Å². The van der Waals surface area contributed by atoms with E-state index in [0.717, 1.165) is 29.0 Å². The summed E-state index contributed by atoms with van der Waals surface area (Å²) in [4.78, 5) is 10.3. The third-order valence-electron chi connectivity index (χ3n) is 6.20. The number of aromatic nitrogens is 4. The molecule has 0 amide bonds. The van der Waals surface area contributed by atoms with Crippen LogP contribution >= 0.6 is 0 Å². The molecule has 2 aromatic carbocycles. The first-order valence-electron chi connectivity index (χ1n) is 11.8. The SMILES string of the molecule is CN(Cc1ccc(-c2ccc(C(C)(C)C)cc2)cn1)CC(O)(Cn1cncn1)c1ccc(F)cc1F. The van der Waals surface area contributed by atoms with E-state index in [0.29, 0.717) is 6.54 Å². The summed E-state index contributed by atoms with van der Waals surface area (Å²) in [6.07, 6.45) is 4.62. The number of nitrogens with zero attached hydrogens (tertiary/aromatic N) is 5. The van der Waals surface area contributed by atoms with E-state index in [1.165, 1.54) is 29.0 Å². The first kappa shape index (κ1) is 25.6. The van der Waals surface area contributed by atoms with Crippen molar-refractivity contribution in [3.05, 3.63) is 102 Å². The van der Waals surface area contributed by atoms with E-state index >= 15 is 0 Å². The molecule has 0 aliphatic heterocycles. The van der Waals surface area contributed by atoms with Gasteiger partial charge in [-0.25, -0.2) is 18.4 Å². The van der Waals surface area contributed by atoms with Gasteiger partial charge in [-0.05, 0) is 35.7 Å². The highest BCUT2D eigenvalue weighted by Crippen LogP contribution is 2.29. The number of hydrogen-bond acceptors (Lipinski definition) is 5. The van der Waals surface area contributed by atoms with Crippen molar-refractivity contribution in [2.75, 3.05) is 13.6 Å². The molecule has 0 spiro atoms. The second kappa shape index (κ2) is 10.2. The Morgan fingerprint density at radius 1 is 0.972 bits per heavy atom. The molecule has 36 heavy (non-hydrogen) atoms. The molecule has 4 aromatic rings. The fourth-order valence-electron chi connectivity index (χ4n) is 4.30. The van der Waals surface area contributed by atoms with E-state index < -0.39 is 17.2 Å². The van der Waals surface area contributed by atoms with Crippen LogP contribution < -0.4 is 0 Å². The van der Waals surface area contributed by atoms with Crippen LogP contribution in [0.25, 0.3) is 11.1 Å². The summed E-state index contributed by atoms with van der Waals surface area (Å²) in [7, 11) is 1.81. The Morgan fingerprint density at radius 3 is 2.28 bits per heavy atom. The number of hydrogen-bond donors (Lipinski definition) is 1. The zero-order valence-corrected chi connectivity index (χ0v) is 21.0. The van der Waals surface area contributed by atoms with Crippen molar-refractivity contribution in [2.24, 2.45) is 0 Å². The molecule has 0 aliphatic carbocycles. The van der Waals surface area contributed by atoms with Crippen molar-refractivity contribution in [2.45, 2.75) is 44.9 Å². The number of benzene rings is 2. The van der Waals surface area contributed by atoms with Crippen LogP contribution in [0.5, 0.6) is 0 Å². The smallest absolute Gasteiger partial charge is 0.137 e. The lowest BCUT2D eigenvalue weighted by Crippen LogP contribution is -2.43. The zero-order chi connectivity index (χ0) is 25.9. The second-order valence-corrected chi connectivity index (χ2v) is 10.3. The molecule has 0 aliphatic rings. The normalized spacial score (nSPS) is 13.7. The maximum absolute atomic E-state index is 14.7. The first-order valence-corrected chi connectivity index (χ1v) is 11.8. The predicted octanol–water partition coefficient (Wildman–Crippen LogP) is 4.94. The fourth-order valence-corrected chi connectivity index (χ4v) is 4.30. The number of halogens is 2. The van der Waals surface area contributed by atoms with Gasteiger partial charge in [-0.2, -0.15) is 5.10 Å². The van der Waals surface area contributed by atoms with Gasteiger partial charge in [-0.1, -0.05) is 57.2 Å². The topological polar surface area (TPSA) is 67.1 Å². The Balaban J connectivity index is 1.49. The average Bonchev–Trinajstić information content (AvgIpc) is 3.31. The van der Waals surface area contributed by atoms with Gasteiger partial charge in [0.15, 0.2) is 0 Å². The van der Waals surface area contributed by atoms with Crippen LogP contribution in [0.4, 0.5) is 8.78 Å². The molecule has 0 saturated carbocycles. The van der Waals surface area contributed by atoms with Crippen LogP contribution in [-0.4, -0.2) is 43.3 Å². The van der Waals surface area contributed by atoms with Crippen LogP contribution in [0.2, 0.25) is 0 Å². The average molecular weight is 492 g/mol. The molecule has 0 saturated heterocycles. The molecule has 0 fully saturated rings. The van der Waals surface area contributed by atoms with Gasteiger partial charge in [-0.3, -0.25) is 9.88 Å². The van der Waals surface area contributed by atoms with Gasteiger partial charge in [0.2, 0.25) is 0 Å². The summed E-state index contributed by atoms with van der Waals surface area (Å²) in [5, 5.41) is 15.6. The van der Waals surface area contributed by atoms with Gasteiger partial charge in [0.25, 0.3) is 0 Å². The van der Waals surface area contributed by atoms with Gasteiger partial charge in [0.1, 0.15) is 29.9 Å². The number of likely N-dealkylation sites (N-methyl/N-ethyl adjacent to an activating group) is 1. The highest BCUT2D eigenvalue weighted by Gasteiger charge is 2.35. The van der Waals surface area contributed by atoms with Crippen molar-refractivity contribution in [3.63, 3.8) is 0 Å². The maximum atomic E-state index is 14.7. The maximum Gasteiger partial charge on any atom is 0.137 e. The Bertz CT molecular complexity index is 1290. The van der Waals surface area contributed by atoms with E-state index in [1.807, 2.05) is 30.3 Å². The summed E-state index contributed by atoms with van der Waals surface area (Å²) in [6.45, 7) is 7.00. The molecule has 2 aromatic heterocycles. The molecule has 188 valence electrons. The molecule has 1 atom stereocenters. The van der Waals surface area contributed by atoms with Crippen LogP contribution in [0.3, 0.4) is 0 Å². The molecular formula is C28H31F2N5O. The fraction of sp³-hybridized carbons (Fsp3) is 0.321. The molecule has 6 nitrogen and oxygen atoms in total. The Kier molecular flexibility index (Phi) is 7.28. The van der Waals surface area contributed by atoms with E-state index in [-0.39, 0.29) is 24.1 Å². The third-order valence-corrected chi connectivity index (χ3v) is 6.20. The Hall–Kier alpha value is -3.49. The van der Waals surface area contributed by atoms with Crippen molar-refractivity contribution in [3.8, 4) is 11.1 Å². The molecule has 1 N–H and O–H groups in total. The molecule has 0 radical (unpaired) electrons. The van der Waals surface area contributed by atoms with Crippen molar-refractivity contribution < 1.29 is 13.9 Å². The Morgan fingerprint density at radius 2 is 1.69 bits per heavy atom. The van der Waals surface area contributed by atoms with Crippen LogP contribution in [0.15, 0.2) is 73.4 Å². The van der Waals surface area contributed by atoms with Crippen LogP contribution in [0.1, 0.15) is 37.6 Å². The lowest BCUT2D eigenvalue weighted by Gasteiger charge is -2.33. The quantitative estimate of drug-likeness (QED) is 0.378. The van der Waals surface area contributed by atoms with Crippen molar-refractivity contribution in [1.29, 1.82) is 0 Å². The minimum Gasteiger partial charge on any atom is -0.382 e. The van der Waals surface area contributed by atoms with E-state index in [1.54, 1.807) is 0 Å². The highest BCUT2D eigenvalue weighted by atomic mass is 19.1. The van der Waals surface area contributed by atoms with E-state index in [2.05, 4.69) is 60.1 Å². The first-order chi connectivity index (χ1) is 17.0. The van der Waals surface area contributed by atoms with Crippen LogP contribution in [-0.2, 0) is 24.1 Å². The van der Waals surface area contributed by atoms with Gasteiger partial charge in [0, 0.05) is 36.5 Å². The standard InChI is InChI=1S/C28H31F2N5O/c1-27(2,3)22-8-5-20(6-9-22)21-7-11-24(32-14-21)15-34(4)16-28(36,17-35-19-31-18-33-35)25-12-10-23(29)13-26(25)30/h5-14,18-19,36H,15-17H2,1-4H3. The summed E-state index contributed by atoms with van der Waals surface area (Å²) >= 11 is 0. The monoisotopic (exact) mass is 491 g/mol. The van der Waals surface area contributed by atoms with Gasteiger partial charge >= 0.3 is 0 Å². The summed E-state index contributed by atoms with van der Waals surface area (Å²) < 4.78 is 29.6.